The van der Waals surface area contributed by atoms with Gasteiger partial charge >= 0.3 is 0 Å². The van der Waals surface area contributed by atoms with Crippen molar-refractivity contribution in [1.29, 1.82) is 0 Å². The lowest BCUT2D eigenvalue weighted by Crippen LogP contribution is -2.48. The standard InChI is InChI=1S/C23H24N4O2/c1-23(2,26(3)4)14-24-21(28)18-10-7-13-27-20(18)25-19-16-9-6-5-8-15(16)11-12-17(19)22(27)29/h5-13H,14H2,1-4H3,(H,24,28). The molecular weight excluding hydrogens is 364 g/mol. The van der Waals surface area contributed by atoms with Gasteiger partial charge in [-0.25, -0.2) is 4.98 Å². The van der Waals surface area contributed by atoms with Crippen LogP contribution in [0.1, 0.15) is 24.2 Å². The smallest absolute Gasteiger partial charge is 0.265 e. The molecule has 0 aliphatic heterocycles. The van der Waals surface area contributed by atoms with Crippen molar-refractivity contribution in [3.63, 3.8) is 0 Å². The SMILES string of the molecule is CN(C)C(C)(C)CNC(=O)c1cccn2c(=O)c3ccc4ccccc4c3nc12. The first-order chi connectivity index (χ1) is 13.8. The third-order valence-electron chi connectivity index (χ3n) is 5.67. The fourth-order valence-electron chi connectivity index (χ4n) is 3.29. The maximum atomic E-state index is 13.1. The van der Waals surface area contributed by atoms with Crippen molar-refractivity contribution in [3.8, 4) is 0 Å². The number of nitrogens with one attached hydrogen (secondary N) is 1. The topological polar surface area (TPSA) is 66.7 Å². The number of hydrogen-bond donors (Lipinski definition) is 1. The zero-order valence-corrected chi connectivity index (χ0v) is 17.1. The first kappa shape index (κ1) is 19.1. The van der Waals surface area contributed by atoms with Crippen molar-refractivity contribution >= 4 is 33.2 Å². The van der Waals surface area contributed by atoms with Crippen LogP contribution in [-0.2, 0) is 0 Å². The van der Waals surface area contributed by atoms with E-state index in [2.05, 4.69) is 24.1 Å². The Hall–Kier alpha value is -3.25. The van der Waals surface area contributed by atoms with Gasteiger partial charge in [-0.2, -0.15) is 0 Å². The summed E-state index contributed by atoms with van der Waals surface area (Å²) in [6, 6.07) is 14.9. The Morgan fingerprint density at radius 3 is 2.59 bits per heavy atom. The molecule has 4 rings (SSSR count). The van der Waals surface area contributed by atoms with E-state index in [1.54, 1.807) is 24.4 Å². The summed E-state index contributed by atoms with van der Waals surface area (Å²) in [5, 5.41) is 5.42. The molecule has 2 heterocycles. The number of hydrogen-bond acceptors (Lipinski definition) is 4. The van der Waals surface area contributed by atoms with Crippen LogP contribution in [0.3, 0.4) is 0 Å². The zero-order valence-electron chi connectivity index (χ0n) is 17.1. The molecule has 0 bridgehead atoms. The van der Waals surface area contributed by atoms with E-state index >= 15 is 0 Å². The van der Waals surface area contributed by atoms with Gasteiger partial charge in [0.1, 0.15) is 0 Å². The number of fused-ring (bicyclic) bond motifs is 4. The molecule has 0 aliphatic rings. The number of carbonyl (C=O) groups is 1. The van der Waals surface area contributed by atoms with Crippen molar-refractivity contribution in [2.24, 2.45) is 0 Å². The molecule has 0 fully saturated rings. The van der Waals surface area contributed by atoms with Crippen LogP contribution in [0.5, 0.6) is 0 Å². The van der Waals surface area contributed by atoms with Gasteiger partial charge in [-0.05, 0) is 51.5 Å². The van der Waals surface area contributed by atoms with Crippen molar-refractivity contribution in [3.05, 3.63) is 70.6 Å². The summed E-state index contributed by atoms with van der Waals surface area (Å²) in [6.45, 7) is 4.58. The molecule has 0 atom stereocenters. The molecule has 29 heavy (non-hydrogen) atoms. The van der Waals surface area contributed by atoms with Gasteiger partial charge in [0.25, 0.3) is 11.5 Å². The fraction of sp³-hybridized carbons (Fsp3) is 0.261. The number of carbonyl (C=O) groups excluding carboxylic acids is 1. The second-order valence-corrected chi connectivity index (χ2v) is 8.10. The Morgan fingerprint density at radius 1 is 1.07 bits per heavy atom. The number of nitrogens with zero attached hydrogens (tertiary/aromatic N) is 3. The molecule has 0 spiro atoms. The highest BCUT2D eigenvalue weighted by Gasteiger charge is 2.22. The van der Waals surface area contributed by atoms with Gasteiger partial charge < -0.3 is 10.2 Å². The summed E-state index contributed by atoms with van der Waals surface area (Å²) in [4.78, 5) is 32.9. The summed E-state index contributed by atoms with van der Waals surface area (Å²) < 4.78 is 1.45. The number of aromatic nitrogens is 2. The quantitative estimate of drug-likeness (QED) is 0.431. The first-order valence-electron chi connectivity index (χ1n) is 9.58. The summed E-state index contributed by atoms with van der Waals surface area (Å²) in [7, 11) is 3.95. The van der Waals surface area contributed by atoms with E-state index in [0.29, 0.717) is 28.7 Å². The summed E-state index contributed by atoms with van der Waals surface area (Å²) >= 11 is 0. The average Bonchev–Trinajstić information content (AvgIpc) is 2.71. The van der Waals surface area contributed by atoms with Crippen molar-refractivity contribution < 1.29 is 4.79 Å². The highest BCUT2D eigenvalue weighted by Crippen LogP contribution is 2.23. The lowest BCUT2D eigenvalue weighted by Gasteiger charge is -2.32. The normalized spacial score (nSPS) is 12.2. The molecule has 0 aliphatic carbocycles. The van der Waals surface area contributed by atoms with Gasteiger partial charge in [-0.15, -0.1) is 0 Å². The van der Waals surface area contributed by atoms with Crippen LogP contribution in [0.2, 0.25) is 0 Å². The Kier molecular flexibility index (Phi) is 4.59. The molecule has 0 radical (unpaired) electrons. The van der Waals surface area contributed by atoms with Crippen LogP contribution in [0.15, 0.2) is 59.5 Å². The van der Waals surface area contributed by atoms with Gasteiger partial charge in [-0.3, -0.25) is 14.0 Å². The molecule has 2 aromatic carbocycles. The first-order valence-corrected chi connectivity index (χ1v) is 9.58. The van der Waals surface area contributed by atoms with Crippen LogP contribution < -0.4 is 10.9 Å². The van der Waals surface area contributed by atoms with E-state index in [1.165, 1.54) is 4.40 Å². The molecule has 2 aromatic heterocycles. The van der Waals surface area contributed by atoms with E-state index in [4.69, 9.17) is 4.98 Å². The highest BCUT2D eigenvalue weighted by molar-refractivity contribution is 6.07. The minimum Gasteiger partial charge on any atom is -0.350 e. The summed E-state index contributed by atoms with van der Waals surface area (Å²) in [5.41, 5.74) is 0.976. The third kappa shape index (κ3) is 3.25. The molecular formula is C23H24N4O2. The van der Waals surface area contributed by atoms with Gasteiger partial charge in [0, 0.05) is 23.7 Å². The van der Waals surface area contributed by atoms with Gasteiger partial charge in [0.05, 0.1) is 16.5 Å². The monoisotopic (exact) mass is 388 g/mol. The van der Waals surface area contributed by atoms with Crippen LogP contribution in [0.25, 0.3) is 27.3 Å². The maximum Gasteiger partial charge on any atom is 0.265 e. The van der Waals surface area contributed by atoms with Crippen LogP contribution in [-0.4, -0.2) is 46.4 Å². The molecule has 4 aromatic rings. The molecule has 148 valence electrons. The van der Waals surface area contributed by atoms with Crippen molar-refractivity contribution in [2.75, 3.05) is 20.6 Å². The molecule has 1 N–H and O–H groups in total. The number of rotatable bonds is 4. The number of amides is 1. The number of likely N-dealkylation sites (N-methyl/N-ethyl adjacent to an activating group) is 1. The number of benzene rings is 2. The van der Waals surface area contributed by atoms with Gasteiger partial charge in [-0.1, -0.05) is 30.3 Å². The minimum atomic E-state index is -0.246. The Labute approximate surface area is 168 Å². The zero-order chi connectivity index (χ0) is 20.8. The second-order valence-electron chi connectivity index (χ2n) is 8.10. The van der Waals surface area contributed by atoms with Gasteiger partial charge in [0.15, 0.2) is 5.65 Å². The molecule has 0 unspecified atom stereocenters. The molecule has 0 saturated carbocycles. The lowest BCUT2D eigenvalue weighted by molar-refractivity contribution is 0.0921. The molecule has 6 nitrogen and oxygen atoms in total. The summed E-state index contributed by atoms with van der Waals surface area (Å²) in [6.07, 6.45) is 1.65. The number of pyridine rings is 1. The molecule has 1 amide bonds. The lowest BCUT2D eigenvalue weighted by atomic mass is 10.0. The second kappa shape index (κ2) is 6.97. The minimum absolute atomic E-state index is 0.181. The summed E-state index contributed by atoms with van der Waals surface area (Å²) in [5.74, 6) is -0.246. The third-order valence-corrected chi connectivity index (χ3v) is 5.67. The van der Waals surface area contributed by atoms with Crippen molar-refractivity contribution in [2.45, 2.75) is 19.4 Å². The van der Waals surface area contributed by atoms with Crippen LogP contribution in [0.4, 0.5) is 0 Å². The van der Waals surface area contributed by atoms with E-state index in [-0.39, 0.29) is 17.0 Å². The van der Waals surface area contributed by atoms with Crippen LogP contribution >= 0.6 is 0 Å². The predicted molar refractivity (Wildman–Crippen MR) is 117 cm³/mol. The van der Waals surface area contributed by atoms with E-state index in [0.717, 1.165) is 10.8 Å². The van der Waals surface area contributed by atoms with Crippen molar-refractivity contribution in [1.82, 2.24) is 19.6 Å². The Bertz CT molecular complexity index is 1310. The average molecular weight is 388 g/mol. The fourth-order valence-corrected chi connectivity index (χ4v) is 3.29. The maximum absolute atomic E-state index is 13.1. The largest absolute Gasteiger partial charge is 0.350 e. The Balaban J connectivity index is 1.88. The Morgan fingerprint density at radius 2 is 1.83 bits per heavy atom. The molecule has 6 heteroatoms. The molecule has 0 saturated heterocycles. The van der Waals surface area contributed by atoms with E-state index < -0.39 is 0 Å². The highest BCUT2D eigenvalue weighted by atomic mass is 16.2. The van der Waals surface area contributed by atoms with Crippen LogP contribution in [0, 0.1) is 0 Å². The van der Waals surface area contributed by atoms with Gasteiger partial charge in [0.2, 0.25) is 0 Å². The van der Waals surface area contributed by atoms with E-state index in [9.17, 15) is 9.59 Å². The van der Waals surface area contributed by atoms with E-state index in [1.807, 2.05) is 44.4 Å². The predicted octanol–water partition coefficient (Wildman–Crippen LogP) is 3.07.